The summed E-state index contributed by atoms with van der Waals surface area (Å²) in [5.74, 6) is 0.130. The molecule has 0 unspecified atom stereocenters. The molecular formula is C30H33N3O3. The number of hydrogen-bond acceptors (Lipinski definition) is 5. The van der Waals surface area contributed by atoms with Crippen molar-refractivity contribution < 1.29 is 14.6 Å². The number of nitrogens with two attached hydrogens (primary N) is 1. The maximum atomic E-state index is 13.1. The molecule has 0 aliphatic carbocycles. The van der Waals surface area contributed by atoms with E-state index in [0.29, 0.717) is 12.2 Å². The number of aromatic hydroxyl groups is 1. The average molecular weight is 484 g/mol. The van der Waals surface area contributed by atoms with E-state index in [4.69, 9.17) is 15.7 Å². The Morgan fingerprint density at radius 1 is 1.06 bits per heavy atom. The Morgan fingerprint density at radius 3 is 2.19 bits per heavy atom. The van der Waals surface area contributed by atoms with E-state index in [1.165, 1.54) is 6.07 Å². The number of carbonyl (C=O) groups is 1. The molecule has 1 fully saturated rings. The van der Waals surface area contributed by atoms with Crippen LogP contribution in [0.4, 0.5) is 0 Å². The largest absolute Gasteiger partial charge is 0.506 e. The lowest BCUT2D eigenvalue weighted by atomic mass is 9.69. The molecule has 0 aromatic heterocycles. The lowest BCUT2D eigenvalue weighted by Crippen LogP contribution is -2.47. The molecule has 0 saturated carbocycles. The number of carbonyl (C=O) groups excluding carboxylic acids is 1. The van der Waals surface area contributed by atoms with Gasteiger partial charge in [0.2, 0.25) is 5.91 Å². The van der Waals surface area contributed by atoms with Gasteiger partial charge in [-0.05, 0) is 56.4 Å². The van der Waals surface area contributed by atoms with Crippen molar-refractivity contribution in [2.45, 2.75) is 50.2 Å². The van der Waals surface area contributed by atoms with E-state index in [9.17, 15) is 9.90 Å². The summed E-state index contributed by atoms with van der Waals surface area (Å²) in [5.41, 5.74) is 7.06. The van der Waals surface area contributed by atoms with Crippen molar-refractivity contribution in [3.8, 4) is 17.6 Å². The number of amides is 1. The molecule has 6 nitrogen and oxygen atoms in total. The summed E-state index contributed by atoms with van der Waals surface area (Å²) in [6.45, 7) is 5.99. The maximum Gasteiger partial charge on any atom is 0.232 e. The molecule has 3 N–H and O–H groups in total. The van der Waals surface area contributed by atoms with Crippen LogP contribution in [0.3, 0.4) is 0 Å². The average Bonchev–Trinajstić information content (AvgIpc) is 3.35. The Morgan fingerprint density at radius 2 is 1.67 bits per heavy atom. The zero-order chi connectivity index (χ0) is 25.8. The second-order valence-electron chi connectivity index (χ2n) is 10.1. The van der Waals surface area contributed by atoms with Gasteiger partial charge >= 0.3 is 0 Å². The predicted molar refractivity (Wildman–Crippen MR) is 140 cm³/mol. The first kappa shape index (κ1) is 25.3. The van der Waals surface area contributed by atoms with Gasteiger partial charge in [0.15, 0.2) is 0 Å². The number of hydrogen-bond donors (Lipinski definition) is 2. The zero-order valence-electron chi connectivity index (χ0n) is 20.9. The first-order valence-electron chi connectivity index (χ1n) is 12.3. The molecule has 186 valence electrons. The summed E-state index contributed by atoms with van der Waals surface area (Å²) in [4.78, 5) is 15.5. The van der Waals surface area contributed by atoms with Crippen LogP contribution in [0.25, 0.3) is 0 Å². The van der Waals surface area contributed by atoms with Gasteiger partial charge in [-0.1, -0.05) is 60.7 Å². The topological polar surface area (TPSA) is 99.6 Å². The van der Waals surface area contributed by atoms with Crippen molar-refractivity contribution in [1.29, 1.82) is 5.26 Å². The molecule has 3 aromatic rings. The van der Waals surface area contributed by atoms with Crippen LogP contribution in [-0.2, 0) is 10.2 Å². The van der Waals surface area contributed by atoms with Crippen molar-refractivity contribution in [2.75, 3.05) is 13.1 Å². The molecule has 1 aliphatic heterocycles. The van der Waals surface area contributed by atoms with Gasteiger partial charge in [-0.15, -0.1) is 0 Å². The Balaban J connectivity index is 1.51. The molecule has 0 radical (unpaired) electrons. The van der Waals surface area contributed by atoms with E-state index < -0.39 is 5.41 Å². The Labute approximate surface area is 212 Å². The first-order valence-corrected chi connectivity index (χ1v) is 12.3. The second kappa shape index (κ2) is 10.4. The summed E-state index contributed by atoms with van der Waals surface area (Å²) < 4.78 is 6.12. The minimum absolute atomic E-state index is 0.0271. The lowest BCUT2D eigenvalue weighted by molar-refractivity contribution is -0.122. The van der Waals surface area contributed by atoms with Gasteiger partial charge < -0.3 is 15.6 Å². The van der Waals surface area contributed by atoms with E-state index >= 15 is 0 Å². The van der Waals surface area contributed by atoms with Crippen molar-refractivity contribution in [2.24, 2.45) is 5.73 Å². The highest BCUT2D eigenvalue weighted by Gasteiger charge is 2.43. The van der Waals surface area contributed by atoms with Gasteiger partial charge in [-0.2, -0.15) is 5.26 Å². The van der Waals surface area contributed by atoms with Crippen molar-refractivity contribution in [3.05, 3.63) is 95.6 Å². The number of ether oxygens (including phenoxy) is 1. The molecule has 36 heavy (non-hydrogen) atoms. The monoisotopic (exact) mass is 483 g/mol. The zero-order valence-corrected chi connectivity index (χ0v) is 20.9. The van der Waals surface area contributed by atoms with E-state index in [0.717, 1.165) is 37.1 Å². The molecule has 1 saturated heterocycles. The van der Waals surface area contributed by atoms with Crippen LogP contribution >= 0.6 is 0 Å². The third kappa shape index (κ3) is 5.07. The van der Waals surface area contributed by atoms with E-state index in [1.807, 2.05) is 66.7 Å². The SMILES string of the molecule is CC(C)(CCC(C(N)=O)(c1ccccc1)c1ccccc1)N1CC[C@@H](Oc2ccc(C#N)c(O)c2)C1. The number of primary amides is 1. The predicted octanol–water partition coefficient (Wildman–Crippen LogP) is 4.75. The number of phenolic OH excluding ortho intramolecular Hbond substituents is 1. The summed E-state index contributed by atoms with van der Waals surface area (Å²) in [6.07, 6.45) is 2.15. The number of benzene rings is 3. The van der Waals surface area contributed by atoms with Crippen LogP contribution in [0.15, 0.2) is 78.9 Å². The third-order valence-electron chi connectivity index (χ3n) is 7.46. The van der Waals surface area contributed by atoms with Gasteiger partial charge in [0.1, 0.15) is 23.7 Å². The highest BCUT2D eigenvalue weighted by molar-refractivity contribution is 5.90. The molecule has 0 spiro atoms. The fourth-order valence-corrected chi connectivity index (χ4v) is 5.21. The number of nitrogens with zero attached hydrogens (tertiary/aromatic N) is 2. The van der Waals surface area contributed by atoms with Crippen LogP contribution < -0.4 is 10.5 Å². The fourth-order valence-electron chi connectivity index (χ4n) is 5.21. The third-order valence-corrected chi connectivity index (χ3v) is 7.46. The van der Waals surface area contributed by atoms with E-state index in [-0.39, 0.29) is 28.9 Å². The maximum absolute atomic E-state index is 13.1. The smallest absolute Gasteiger partial charge is 0.232 e. The Kier molecular flexibility index (Phi) is 7.32. The lowest BCUT2D eigenvalue weighted by Gasteiger charge is -2.40. The van der Waals surface area contributed by atoms with Crippen molar-refractivity contribution >= 4 is 5.91 Å². The molecular weight excluding hydrogens is 450 g/mol. The molecule has 1 atom stereocenters. The van der Waals surface area contributed by atoms with Crippen LogP contribution in [0, 0.1) is 11.3 Å². The highest BCUT2D eigenvalue weighted by Crippen LogP contribution is 2.40. The van der Waals surface area contributed by atoms with Gasteiger partial charge in [0.25, 0.3) is 0 Å². The first-order chi connectivity index (χ1) is 17.3. The molecule has 1 heterocycles. The molecule has 1 amide bonds. The quantitative estimate of drug-likeness (QED) is 0.458. The van der Waals surface area contributed by atoms with Crippen molar-refractivity contribution in [1.82, 2.24) is 4.90 Å². The van der Waals surface area contributed by atoms with Gasteiger partial charge in [-0.25, -0.2) is 0 Å². The summed E-state index contributed by atoms with van der Waals surface area (Å²) in [6, 6.07) is 26.4. The van der Waals surface area contributed by atoms with Gasteiger partial charge in [-0.3, -0.25) is 9.69 Å². The Bertz CT molecular complexity index is 1200. The van der Waals surface area contributed by atoms with Crippen LogP contribution in [0.1, 0.15) is 49.8 Å². The van der Waals surface area contributed by atoms with Gasteiger partial charge in [0, 0.05) is 24.7 Å². The number of nitriles is 1. The highest BCUT2D eigenvalue weighted by atomic mass is 16.5. The Hall–Kier alpha value is -3.82. The number of phenols is 1. The van der Waals surface area contributed by atoms with Gasteiger partial charge in [0.05, 0.1) is 11.0 Å². The molecule has 4 rings (SSSR count). The van der Waals surface area contributed by atoms with Crippen LogP contribution in [-0.4, -0.2) is 40.6 Å². The van der Waals surface area contributed by atoms with Crippen LogP contribution in [0.2, 0.25) is 0 Å². The minimum Gasteiger partial charge on any atom is -0.506 e. The van der Waals surface area contributed by atoms with Crippen molar-refractivity contribution in [3.63, 3.8) is 0 Å². The normalized spacial score (nSPS) is 16.4. The molecule has 6 heteroatoms. The summed E-state index contributed by atoms with van der Waals surface area (Å²) >= 11 is 0. The second-order valence-corrected chi connectivity index (χ2v) is 10.1. The van der Waals surface area contributed by atoms with Crippen LogP contribution in [0.5, 0.6) is 11.5 Å². The number of likely N-dealkylation sites (tertiary alicyclic amines) is 1. The molecule has 3 aromatic carbocycles. The standard InChI is InChI=1S/C30H33N3O3/c1-29(2,33-18-15-26(21-33)36-25-14-13-22(20-31)27(34)19-25)16-17-30(28(32)35,23-9-5-3-6-10-23)24-11-7-4-8-12-24/h3-14,19,26,34H,15-18,21H2,1-2H3,(H2,32,35)/t26-/m1/s1. The summed E-state index contributed by atoms with van der Waals surface area (Å²) in [7, 11) is 0. The summed E-state index contributed by atoms with van der Waals surface area (Å²) in [5, 5.41) is 19.0. The van der Waals surface area contributed by atoms with E-state index in [1.54, 1.807) is 12.1 Å². The number of rotatable bonds is 9. The van der Waals surface area contributed by atoms with E-state index in [2.05, 4.69) is 18.7 Å². The fraction of sp³-hybridized carbons (Fsp3) is 0.333. The minimum atomic E-state index is -0.921. The molecule has 0 bridgehead atoms. The molecule has 1 aliphatic rings.